The van der Waals surface area contributed by atoms with Crippen molar-refractivity contribution in [3.63, 3.8) is 0 Å². The lowest BCUT2D eigenvalue weighted by Gasteiger charge is -2.24. The number of ether oxygens (including phenoxy) is 1. The van der Waals surface area contributed by atoms with E-state index in [2.05, 4.69) is 75.4 Å². The predicted octanol–water partition coefficient (Wildman–Crippen LogP) is 5.89. The number of rotatable bonds is 7. The summed E-state index contributed by atoms with van der Waals surface area (Å²) < 4.78 is 5.77. The number of hydrogen-bond donors (Lipinski definition) is 0. The lowest BCUT2D eigenvalue weighted by molar-refractivity contribution is 0.309. The quantitative estimate of drug-likeness (QED) is 0.465. The summed E-state index contributed by atoms with van der Waals surface area (Å²) in [4.78, 5) is 1.27. The van der Waals surface area contributed by atoms with E-state index in [1.54, 1.807) is 0 Å². The zero-order valence-electron chi connectivity index (χ0n) is 13.1. The Bertz CT molecular complexity index is 531. The van der Waals surface area contributed by atoms with Crippen molar-refractivity contribution < 1.29 is 4.74 Å². The second-order valence-corrected chi connectivity index (χ2v) is 7.35. The van der Waals surface area contributed by atoms with Gasteiger partial charge in [0.2, 0.25) is 0 Å². The Balaban J connectivity index is 1.99. The van der Waals surface area contributed by atoms with Crippen LogP contribution in [-0.4, -0.2) is 6.61 Å². The van der Waals surface area contributed by atoms with E-state index >= 15 is 0 Å². The predicted molar refractivity (Wildman–Crippen MR) is 92.2 cm³/mol. The summed E-state index contributed by atoms with van der Waals surface area (Å²) in [7, 11) is 0. The van der Waals surface area contributed by atoms with E-state index in [4.69, 9.17) is 4.74 Å². The Morgan fingerprint density at radius 3 is 2.24 bits per heavy atom. The first-order valence-corrected chi connectivity index (χ1v) is 8.41. The van der Waals surface area contributed by atoms with E-state index < -0.39 is 0 Å². The molecule has 0 aromatic heterocycles. The average Bonchev–Trinajstić information content (AvgIpc) is 2.50. The molecule has 0 heterocycles. The largest absolute Gasteiger partial charge is 0.494 e. The van der Waals surface area contributed by atoms with Gasteiger partial charge in [0, 0.05) is 9.64 Å². The molecule has 2 aromatic carbocycles. The van der Waals surface area contributed by atoms with Crippen LogP contribution in [0.15, 0.2) is 59.5 Å². The number of benzene rings is 2. The summed E-state index contributed by atoms with van der Waals surface area (Å²) in [5.74, 6) is 0.963. The third-order valence-corrected chi connectivity index (χ3v) is 4.69. The van der Waals surface area contributed by atoms with Gasteiger partial charge < -0.3 is 4.74 Å². The van der Waals surface area contributed by atoms with E-state index in [-0.39, 0.29) is 4.75 Å². The fourth-order valence-corrected chi connectivity index (χ4v) is 3.25. The minimum Gasteiger partial charge on any atom is -0.494 e. The summed E-state index contributed by atoms with van der Waals surface area (Å²) >= 11 is 1.88. The molecule has 0 aliphatic rings. The SMILES string of the molecule is CCCCOc1ccc(SC(C)(C)c2ccccc2)cc1. The van der Waals surface area contributed by atoms with Crippen molar-refractivity contribution >= 4 is 11.8 Å². The van der Waals surface area contributed by atoms with E-state index in [0.717, 1.165) is 18.8 Å². The van der Waals surface area contributed by atoms with Crippen LogP contribution in [0, 0.1) is 0 Å². The molecule has 0 radical (unpaired) electrons. The first kappa shape index (κ1) is 16.0. The van der Waals surface area contributed by atoms with Gasteiger partial charge in [-0.15, -0.1) is 11.8 Å². The minimum absolute atomic E-state index is 0.0614. The molecule has 2 rings (SSSR count). The minimum atomic E-state index is 0.0614. The molecule has 0 spiro atoms. The monoisotopic (exact) mass is 300 g/mol. The molecule has 21 heavy (non-hydrogen) atoms. The summed E-state index contributed by atoms with van der Waals surface area (Å²) in [6.45, 7) is 7.50. The molecule has 0 N–H and O–H groups in total. The molecule has 0 saturated carbocycles. The lowest BCUT2D eigenvalue weighted by Crippen LogP contribution is -2.11. The van der Waals surface area contributed by atoms with Crippen LogP contribution in [0.5, 0.6) is 5.75 Å². The van der Waals surface area contributed by atoms with Crippen LogP contribution in [0.25, 0.3) is 0 Å². The van der Waals surface area contributed by atoms with Gasteiger partial charge in [-0.2, -0.15) is 0 Å². The zero-order chi connectivity index (χ0) is 15.1. The average molecular weight is 300 g/mol. The highest BCUT2D eigenvalue weighted by molar-refractivity contribution is 8.00. The van der Waals surface area contributed by atoms with Crippen LogP contribution in [0.4, 0.5) is 0 Å². The molecule has 0 fully saturated rings. The second kappa shape index (κ2) is 7.56. The molecule has 1 nitrogen and oxygen atoms in total. The van der Waals surface area contributed by atoms with Crippen molar-refractivity contribution in [1.29, 1.82) is 0 Å². The molecular formula is C19H24OS. The molecule has 112 valence electrons. The van der Waals surface area contributed by atoms with Crippen LogP contribution >= 0.6 is 11.8 Å². The van der Waals surface area contributed by atoms with Crippen molar-refractivity contribution in [1.82, 2.24) is 0 Å². The Kier molecular flexibility index (Phi) is 5.75. The third-order valence-electron chi connectivity index (χ3n) is 3.43. The Morgan fingerprint density at radius 2 is 1.62 bits per heavy atom. The van der Waals surface area contributed by atoms with Crippen LogP contribution in [0.1, 0.15) is 39.2 Å². The van der Waals surface area contributed by atoms with E-state index in [9.17, 15) is 0 Å². The van der Waals surface area contributed by atoms with Gasteiger partial charge in [-0.1, -0.05) is 43.7 Å². The van der Waals surface area contributed by atoms with Crippen LogP contribution in [0.2, 0.25) is 0 Å². The molecular weight excluding hydrogens is 276 g/mol. The maximum absolute atomic E-state index is 5.71. The standard InChI is InChI=1S/C19H24OS/c1-4-5-15-20-17-11-13-18(14-12-17)21-19(2,3)16-9-7-6-8-10-16/h6-14H,4-5,15H2,1-3H3. The molecule has 0 aliphatic carbocycles. The van der Waals surface area contributed by atoms with Crippen molar-refractivity contribution in [2.24, 2.45) is 0 Å². The van der Waals surface area contributed by atoms with Gasteiger partial charge in [-0.3, -0.25) is 0 Å². The highest BCUT2D eigenvalue weighted by atomic mass is 32.2. The fourth-order valence-electron chi connectivity index (χ4n) is 2.13. The molecule has 0 unspecified atom stereocenters. The van der Waals surface area contributed by atoms with Crippen molar-refractivity contribution in [2.75, 3.05) is 6.61 Å². The van der Waals surface area contributed by atoms with Gasteiger partial charge in [0.15, 0.2) is 0 Å². The van der Waals surface area contributed by atoms with Gasteiger partial charge in [-0.25, -0.2) is 0 Å². The lowest BCUT2D eigenvalue weighted by atomic mass is 10.0. The molecule has 0 atom stereocenters. The van der Waals surface area contributed by atoms with Crippen molar-refractivity contribution in [3.8, 4) is 5.75 Å². The zero-order valence-corrected chi connectivity index (χ0v) is 14.0. The van der Waals surface area contributed by atoms with E-state index in [0.29, 0.717) is 0 Å². The highest BCUT2D eigenvalue weighted by Gasteiger charge is 2.21. The van der Waals surface area contributed by atoms with Gasteiger partial charge in [-0.05, 0) is 50.1 Å². The normalized spacial score (nSPS) is 11.4. The van der Waals surface area contributed by atoms with Gasteiger partial charge in [0.05, 0.1) is 6.61 Å². The smallest absolute Gasteiger partial charge is 0.119 e. The Morgan fingerprint density at radius 1 is 0.952 bits per heavy atom. The molecule has 0 saturated heterocycles. The van der Waals surface area contributed by atoms with Gasteiger partial charge >= 0.3 is 0 Å². The summed E-state index contributed by atoms with van der Waals surface area (Å²) in [5, 5.41) is 0. The maximum Gasteiger partial charge on any atom is 0.119 e. The summed E-state index contributed by atoms with van der Waals surface area (Å²) in [6, 6.07) is 19.1. The molecule has 0 bridgehead atoms. The highest BCUT2D eigenvalue weighted by Crippen LogP contribution is 2.40. The Hall–Kier alpha value is -1.41. The van der Waals surface area contributed by atoms with E-state index in [1.807, 2.05) is 11.8 Å². The second-order valence-electron chi connectivity index (χ2n) is 5.65. The fraction of sp³-hybridized carbons (Fsp3) is 0.368. The number of unbranched alkanes of at least 4 members (excludes halogenated alkanes) is 1. The Labute approximate surface area is 132 Å². The number of thioether (sulfide) groups is 1. The topological polar surface area (TPSA) is 9.23 Å². The van der Waals surface area contributed by atoms with Crippen LogP contribution in [-0.2, 0) is 4.75 Å². The van der Waals surface area contributed by atoms with Crippen molar-refractivity contribution in [2.45, 2.75) is 43.3 Å². The van der Waals surface area contributed by atoms with E-state index in [1.165, 1.54) is 16.9 Å². The van der Waals surface area contributed by atoms with Gasteiger partial charge in [0.1, 0.15) is 5.75 Å². The first-order valence-electron chi connectivity index (χ1n) is 7.59. The maximum atomic E-state index is 5.71. The first-order chi connectivity index (χ1) is 10.1. The number of hydrogen-bond acceptors (Lipinski definition) is 2. The van der Waals surface area contributed by atoms with Crippen LogP contribution < -0.4 is 4.74 Å². The molecule has 0 amide bonds. The molecule has 2 heteroatoms. The summed E-state index contributed by atoms with van der Waals surface area (Å²) in [6.07, 6.45) is 2.27. The van der Waals surface area contributed by atoms with Crippen molar-refractivity contribution in [3.05, 3.63) is 60.2 Å². The third kappa shape index (κ3) is 4.82. The molecule has 0 aliphatic heterocycles. The summed E-state index contributed by atoms with van der Waals surface area (Å²) in [5.41, 5.74) is 1.35. The van der Waals surface area contributed by atoms with Gasteiger partial charge in [0.25, 0.3) is 0 Å². The molecule has 2 aromatic rings. The van der Waals surface area contributed by atoms with Crippen LogP contribution in [0.3, 0.4) is 0 Å².